The zero-order valence-corrected chi connectivity index (χ0v) is 16.0. The Kier molecular flexibility index (Phi) is 4.49. The molecule has 1 spiro atoms. The third-order valence-corrected chi connectivity index (χ3v) is 5.74. The lowest BCUT2D eigenvalue weighted by atomic mass is 9.67. The van der Waals surface area contributed by atoms with Crippen molar-refractivity contribution >= 4 is 35.1 Å². The second-order valence-electron chi connectivity index (χ2n) is 6.49. The molecule has 138 valence electrons. The molecule has 2 atom stereocenters. The van der Waals surface area contributed by atoms with Crippen molar-refractivity contribution in [1.82, 2.24) is 0 Å². The second kappa shape index (κ2) is 6.70. The van der Waals surface area contributed by atoms with Crippen LogP contribution in [-0.4, -0.2) is 18.5 Å². The fourth-order valence-electron chi connectivity index (χ4n) is 4.12. The zero-order chi connectivity index (χ0) is 19.2. The number of carbonyl (C=O) groups is 2. The van der Waals surface area contributed by atoms with Crippen molar-refractivity contribution in [3.8, 4) is 5.75 Å². The highest BCUT2D eigenvalue weighted by Crippen LogP contribution is 2.58. The van der Waals surface area contributed by atoms with Crippen LogP contribution in [0.25, 0.3) is 0 Å². The number of para-hydroxylation sites is 1. The molecule has 4 rings (SSSR count). The van der Waals surface area contributed by atoms with Gasteiger partial charge >= 0.3 is 11.9 Å². The molecule has 0 N–H and O–H groups in total. The minimum absolute atomic E-state index is 0.218. The molecule has 0 aromatic heterocycles. The van der Waals surface area contributed by atoms with Gasteiger partial charge in [0.2, 0.25) is 0 Å². The molecule has 2 aromatic carbocycles. The fraction of sp³-hybridized carbons (Fsp3) is 0.238. The van der Waals surface area contributed by atoms with Crippen LogP contribution >= 0.6 is 23.2 Å². The van der Waals surface area contributed by atoms with E-state index in [9.17, 15) is 9.59 Å². The van der Waals surface area contributed by atoms with Crippen LogP contribution in [0.1, 0.15) is 30.4 Å². The average molecular weight is 403 g/mol. The van der Waals surface area contributed by atoms with Crippen molar-refractivity contribution in [2.75, 3.05) is 6.61 Å². The maximum Gasteiger partial charge on any atom is 0.335 e. The van der Waals surface area contributed by atoms with Gasteiger partial charge in [0.1, 0.15) is 11.2 Å². The summed E-state index contributed by atoms with van der Waals surface area (Å²) in [5.74, 6) is -0.942. The van der Waals surface area contributed by atoms with Crippen molar-refractivity contribution in [3.63, 3.8) is 0 Å². The summed E-state index contributed by atoms with van der Waals surface area (Å²) in [5, 5.41) is 0.950. The Morgan fingerprint density at radius 1 is 1.26 bits per heavy atom. The van der Waals surface area contributed by atoms with E-state index in [1.54, 1.807) is 43.3 Å². The topological polar surface area (TPSA) is 52.6 Å². The molecule has 0 saturated heterocycles. The Labute approximate surface area is 166 Å². The molecule has 0 bridgehead atoms. The molecule has 0 radical (unpaired) electrons. The van der Waals surface area contributed by atoms with Crippen LogP contribution in [-0.2, 0) is 19.7 Å². The van der Waals surface area contributed by atoms with Crippen molar-refractivity contribution in [1.29, 1.82) is 0 Å². The number of fused-ring (bicyclic) bond motifs is 2. The fourth-order valence-corrected chi connectivity index (χ4v) is 4.66. The smallest absolute Gasteiger partial charge is 0.335 e. The van der Waals surface area contributed by atoms with Crippen LogP contribution in [0, 0.1) is 0 Å². The SMILES string of the molecule is CCOC(=O)C1=CC[C@H](c2ccc(Cl)cc2Cl)[C@@]12C(=O)Oc1ccccc12. The summed E-state index contributed by atoms with van der Waals surface area (Å²) in [6, 6.07) is 12.3. The standard InChI is InChI=1S/C21H16Cl2O4/c1-2-26-19(24)16-10-9-14(13-8-7-12(22)11-17(13)23)21(16)15-5-3-4-6-18(15)27-20(21)25/h3-8,10-11,14H,2,9H2,1H3/t14-,21+/m1/s1. The van der Waals surface area contributed by atoms with Gasteiger partial charge in [-0.25, -0.2) is 4.79 Å². The van der Waals surface area contributed by atoms with E-state index in [1.165, 1.54) is 0 Å². The van der Waals surface area contributed by atoms with E-state index in [0.717, 1.165) is 5.56 Å². The molecular weight excluding hydrogens is 387 g/mol. The van der Waals surface area contributed by atoms with Crippen LogP contribution < -0.4 is 4.74 Å². The summed E-state index contributed by atoms with van der Waals surface area (Å²) in [4.78, 5) is 25.9. The molecule has 4 nitrogen and oxygen atoms in total. The first-order valence-electron chi connectivity index (χ1n) is 8.64. The Morgan fingerprint density at radius 3 is 2.78 bits per heavy atom. The maximum atomic E-state index is 13.2. The molecule has 0 unspecified atom stereocenters. The third kappa shape index (κ3) is 2.59. The molecule has 1 aliphatic carbocycles. The number of esters is 2. The summed E-state index contributed by atoms with van der Waals surface area (Å²) in [5.41, 5.74) is 0.420. The minimum atomic E-state index is -1.28. The van der Waals surface area contributed by atoms with Gasteiger partial charge in [-0.1, -0.05) is 53.5 Å². The highest BCUT2D eigenvalue weighted by atomic mass is 35.5. The molecular formula is C21H16Cl2O4. The summed E-state index contributed by atoms with van der Waals surface area (Å²) in [6.45, 7) is 1.95. The second-order valence-corrected chi connectivity index (χ2v) is 7.33. The van der Waals surface area contributed by atoms with Gasteiger partial charge < -0.3 is 9.47 Å². The van der Waals surface area contributed by atoms with Gasteiger partial charge in [-0.2, -0.15) is 0 Å². The number of benzene rings is 2. The molecule has 2 aromatic rings. The number of carbonyl (C=O) groups excluding carboxylic acids is 2. The van der Waals surface area contributed by atoms with E-state index in [0.29, 0.717) is 33.4 Å². The maximum absolute atomic E-state index is 13.2. The van der Waals surface area contributed by atoms with E-state index in [2.05, 4.69) is 0 Å². The molecule has 2 aliphatic rings. The van der Waals surface area contributed by atoms with E-state index in [1.807, 2.05) is 12.1 Å². The monoisotopic (exact) mass is 402 g/mol. The number of hydrogen-bond donors (Lipinski definition) is 0. The molecule has 27 heavy (non-hydrogen) atoms. The Hall–Kier alpha value is -2.30. The average Bonchev–Trinajstić information content (AvgIpc) is 3.16. The molecule has 1 heterocycles. The van der Waals surface area contributed by atoms with E-state index >= 15 is 0 Å². The van der Waals surface area contributed by atoms with Crippen LogP contribution in [0.5, 0.6) is 5.75 Å². The molecule has 0 saturated carbocycles. The van der Waals surface area contributed by atoms with Crippen molar-refractivity contribution in [3.05, 3.63) is 75.3 Å². The van der Waals surface area contributed by atoms with E-state index in [4.69, 9.17) is 32.7 Å². The minimum Gasteiger partial charge on any atom is -0.463 e. The zero-order valence-electron chi connectivity index (χ0n) is 14.5. The van der Waals surface area contributed by atoms with Gasteiger partial charge in [-0.3, -0.25) is 4.79 Å². The highest BCUT2D eigenvalue weighted by Gasteiger charge is 2.61. The first-order chi connectivity index (χ1) is 13.0. The lowest BCUT2D eigenvalue weighted by Crippen LogP contribution is -2.41. The number of hydrogen-bond acceptors (Lipinski definition) is 4. The number of rotatable bonds is 3. The van der Waals surface area contributed by atoms with Gasteiger partial charge in [0.15, 0.2) is 0 Å². The predicted octanol–water partition coefficient (Wildman–Crippen LogP) is 4.83. The van der Waals surface area contributed by atoms with E-state index in [-0.39, 0.29) is 6.61 Å². The van der Waals surface area contributed by atoms with Crippen molar-refractivity contribution in [2.45, 2.75) is 24.7 Å². The molecule has 0 amide bonds. The lowest BCUT2D eigenvalue weighted by molar-refractivity contribution is -0.144. The van der Waals surface area contributed by atoms with E-state index < -0.39 is 23.3 Å². The highest BCUT2D eigenvalue weighted by molar-refractivity contribution is 6.35. The van der Waals surface area contributed by atoms with Gasteiger partial charge in [-0.15, -0.1) is 0 Å². The largest absolute Gasteiger partial charge is 0.463 e. The predicted molar refractivity (Wildman–Crippen MR) is 102 cm³/mol. The van der Waals surface area contributed by atoms with Crippen LogP contribution in [0.15, 0.2) is 54.1 Å². The number of ether oxygens (including phenoxy) is 2. The number of allylic oxidation sites excluding steroid dienone is 1. The van der Waals surface area contributed by atoms with Gasteiger partial charge in [0.05, 0.1) is 12.2 Å². The summed E-state index contributed by atoms with van der Waals surface area (Å²) < 4.78 is 10.8. The lowest BCUT2D eigenvalue weighted by Gasteiger charge is -2.31. The Morgan fingerprint density at radius 2 is 2.04 bits per heavy atom. The molecule has 6 heteroatoms. The Bertz CT molecular complexity index is 982. The first-order valence-corrected chi connectivity index (χ1v) is 9.40. The van der Waals surface area contributed by atoms with Crippen molar-refractivity contribution in [2.24, 2.45) is 0 Å². The summed E-state index contributed by atoms with van der Waals surface area (Å²) in [6.07, 6.45) is 2.22. The molecule has 1 aliphatic heterocycles. The summed E-state index contributed by atoms with van der Waals surface area (Å²) >= 11 is 12.5. The normalized spacial score (nSPS) is 23.1. The number of halogens is 2. The summed E-state index contributed by atoms with van der Waals surface area (Å²) in [7, 11) is 0. The van der Waals surface area contributed by atoms with Crippen LogP contribution in [0.4, 0.5) is 0 Å². The van der Waals surface area contributed by atoms with Crippen LogP contribution in [0.2, 0.25) is 10.0 Å². The van der Waals surface area contributed by atoms with Gasteiger partial charge in [0.25, 0.3) is 0 Å². The van der Waals surface area contributed by atoms with Gasteiger partial charge in [-0.05, 0) is 37.1 Å². The third-order valence-electron chi connectivity index (χ3n) is 5.17. The van der Waals surface area contributed by atoms with Gasteiger partial charge in [0, 0.05) is 21.5 Å². The quantitative estimate of drug-likeness (QED) is 0.544. The van der Waals surface area contributed by atoms with Crippen molar-refractivity contribution < 1.29 is 19.1 Å². The first kappa shape index (κ1) is 18.1. The van der Waals surface area contributed by atoms with Crippen LogP contribution in [0.3, 0.4) is 0 Å². The Balaban J connectivity index is 1.94. The molecule has 0 fully saturated rings.